The van der Waals surface area contributed by atoms with Crippen LogP contribution >= 0.6 is 15.9 Å². The quantitative estimate of drug-likeness (QED) is 0.843. The molecule has 0 amide bonds. The first-order valence-corrected chi connectivity index (χ1v) is 5.73. The van der Waals surface area contributed by atoms with Gasteiger partial charge in [-0.05, 0) is 46.6 Å². The normalized spacial score (nSPS) is 10.2. The number of aromatic nitrogens is 2. The Morgan fingerprint density at radius 1 is 1.31 bits per heavy atom. The average molecular weight is 278 g/mol. The van der Waals surface area contributed by atoms with E-state index in [4.69, 9.17) is 0 Å². The molecule has 3 nitrogen and oxygen atoms in total. The molecule has 2 aromatic rings. The Bertz CT molecular complexity index is 485. The van der Waals surface area contributed by atoms with E-state index in [0.717, 1.165) is 16.0 Å². The third kappa shape index (κ3) is 2.22. The molecule has 0 saturated carbocycles. The molecule has 0 atom stereocenters. The first-order chi connectivity index (χ1) is 7.68. The number of hydrogen-bond donors (Lipinski definition) is 0. The molecule has 0 N–H and O–H groups in total. The molecular weight excluding hydrogens is 266 g/mol. The van der Waals surface area contributed by atoms with Crippen LogP contribution in [0.15, 0.2) is 41.3 Å². The minimum atomic E-state index is 0.911. The van der Waals surface area contributed by atoms with Gasteiger partial charge in [0.25, 0.3) is 0 Å². The van der Waals surface area contributed by atoms with E-state index >= 15 is 0 Å². The highest BCUT2D eigenvalue weighted by Crippen LogP contribution is 2.24. The first-order valence-electron chi connectivity index (χ1n) is 4.94. The van der Waals surface area contributed by atoms with Crippen molar-refractivity contribution in [3.8, 4) is 0 Å². The number of nitrogens with zero attached hydrogens (tertiary/aromatic N) is 3. The summed E-state index contributed by atoms with van der Waals surface area (Å²) < 4.78 is 1.02. The highest BCUT2D eigenvalue weighted by Gasteiger charge is 2.06. The molecule has 2 rings (SSSR count). The number of rotatable bonds is 2. The molecule has 0 aliphatic heterocycles. The number of pyridine rings is 2. The van der Waals surface area contributed by atoms with Gasteiger partial charge in [0, 0.05) is 23.9 Å². The molecule has 0 saturated heterocycles. The van der Waals surface area contributed by atoms with Crippen LogP contribution in [0.3, 0.4) is 0 Å². The number of halogens is 1. The lowest BCUT2D eigenvalue weighted by Gasteiger charge is -2.18. The molecule has 0 aliphatic carbocycles. The Morgan fingerprint density at radius 3 is 2.75 bits per heavy atom. The van der Waals surface area contributed by atoms with Gasteiger partial charge in [-0.1, -0.05) is 0 Å². The Morgan fingerprint density at radius 2 is 2.12 bits per heavy atom. The fourth-order valence-corrected chi connectivity index (χ4v) is 1.61. The summed E-state index contributed by atoms with van der Waals surface area (Å²) in [6.07, 6.45) is 5.40. The summed E-state index contributed by atoms with van der Waals surface area (Å²) in [5, 5.41) is 0. The number of hydrogen-bond acceptors (Lipinski definition) is 3. The van der Waals surface area contributed by atoms with Crippen molar-refractivity contribution in [3.05, 3.63) is 46.8 Å². The second-order valence-electron chi connectivity index (χ2n) is 3.56. The molecule has 0 fully saturated rings. The number of aryl methyl sites for hydroxylation is 1. The van der Waals surface area contributed by atoms with E-state index < -0.39 is 0 Å². The van der Waals surface area contributed by atoms with Crippen LogP contribution in [0.5, 0.6) is 0 Å². The van der Waals surface area contributed by atoms with E-state index in [1.165, 1.54) is 5.56 Å². The van der Waals surface area contributed by atoms with Crippen molar-refractivity contribution in [1.82, 2.24) is 9.97 Å². The lowest BCUT2D eigenvalue weighted by molar-refractivity contribution is 1.10. The fraction of sp³-hybridized carbons (Fsp3) is 0.167. The molecule has 2 heterocycles. The molecule has 0 aromatic carbocycles. The lowest BCUT2D eigenvalue weighted by Crippen LogP contribution is -2.11. The SMILES string of the molecule is Cc1cc(N(C)c2cccnc2)ncc1Br. The second-order valence-corrected chi connectivity index (χ2v) is 4.42. The zero-order valence-corrected chi connectivity index (χ0v) is 10.8. The van der Waals surface area contributed by atoms with Crippen LogP contribution in [0.2, 0.25) is 0 Å². The van der Waals surface area contributed by atoms with Gasteiger partial charge in [-0.2, -0.15) is 0 Å². The van der Waals surface area contributed by atoms with Crippen LogP contribution in [0, 0.1) is 6.92 Å². The zero-order chi connectivity index (χ0) is 11.5. The summed E-state index contributed by atoms with van der Waals surface area (Å²) in [6.45, 7) is 2.05. The Balaban J connectivity index is 2.34. The summed E-state index contributed by atoms with van der Waals surface area (Å²) in [4.78, 5) is 10.5. The van der Waals surface area contributed by atoms with Crippen molar-refractivity contribution in [1.29, 1.82) is 0 Å². The molecule has 16 heavy (non-hydrogen) atoms. The van der Waals surface area contributed by atoms with Gasteiger partial charge in [-0.25, -0.2) is 4.98 Å². The summed E-state index contributed by atoms with van der Waals surface area (Å²) in [5.74, 6) is 0.911. The van der Waals surface area contributed by atoms with Gasteiger partial charge in [0.05, 0.1) is 11.9 Å². The molecule has 0 radical (unpaired) electrons. The maximum atomic E-state index is 4.37. The largest absolute Gasteiger partial charge is 0.328 e. The molecule has 0 spiro atoms. The average Bonchev–Trinajstić information content (AvgIpc) is 2.33. The topological polar surface area (TPSA) is 29.0 Å². The van der Waals surface area contributed by atoms with Crippen molar-refractivity contribution >= 4 is 27.4 Å². The molecule has 0 bridgehead atoms. The molecule has 82 valence electrons. The van der Waals surface area contributed by atoms with Crippen LogP contribution in [-0.2, 0) is 0 Å². The third-order valence-electron chi connectivity index (χ3n) is 2.41. The van der Waals surface area contributed by atoms with Gasteiger partial charge in [0.1, 0.15) is 5.82 Å². The summed E-state index contributed by atoms with van der Waals surface area (Å²) in [5.41, 5.74) is 2.19. The summed E-state index contributed by atoms with van der Waals surface area (Å²) in [7, 11) is 1.98. The van der Waals surface area contributed by atoms with E-state index in [0.29, 0.717) is 0 Å². The van der Waals surface area contributed by atoms with Crippen LogP contribution < -0.4 is 4.90 Å². The maximum Gasteiger partial charge on any atom is 0.133 e. The highest BCUT2D eigenvalue weighted by atomic mass is 79.9. The Hall–Kier alpha value is -1.42. The molecule has 4 heteroatoms. The first kappa shape index (κ1) is 11.1. The third-order valence-corrected chi connectivity index (χ3v) is 3.24. The van der Waals surface area contributed by atoms with E-state index in [1.54, 1.807) is 6.20 Å². The number of anilines is 2. The van der Waals surface area contributed by atoms with Crippen LogP contribution in [-0.4, -0.2) is 17.0 Å². The molecule has 2 aromatic heterocycles. The van der Waals surface area contributed by atoms with E-state index in [2.05, 4.69) is 25.9 Å². The van der Waals surface area contributed by atoms with Gasteiger partial charge >= 0.3 is 0 Å². The highest BCUT2D eigenvalue weighted by molar-refractivity contribution is 9.10. The molecule has 0 unspecified atom stereocenters. The minimum Gasteiger partial charge on any atom is -0.328 e. The van der Waals surface area contributed by atoms with Gasteiger partial charge in [-0.15, -0.1) is 0 Å². The van der Waals surface area contributed by atoms with E-state index in [1.807, 2.05) is 49.5 Å². The van der Waals surface area contributed by atoms with Crippen molar-refractivity contribution in [3.63, 3.8) is 0 Å². The predicted molar refractivity (Wildman–Crippen MR) is 69.0 cm³/mol. The van der Waals surface area contributed by atoms with Gasteiger partial charge in [-0.3, -0.25) is 4.98 Å². The standard InChI is InChI=1S/C12H12BrN3/c1-9-6-12(15-8-11(9)13)16(2)10-4-3-5-14-7-10/h3-8H,1-2H3. The van der Waals surface area contributed by atoms with Gasteiger partial charge in [0.2, 0.25) is 0 Å². The summed E-state index contributed by atoms with van der Waals surface area (Å²) >= 11 is 3.44. The van der Waals surface area contributed by atoms with Crippen LogP contribution in [0.4, 0.5) is 11.5 Å². The van der Waals surface area contributed by atoms with Crippen LogP contribution in [0.1, 0.15) is 5.56 Å². The van der Waals surface area contributed by atoms with Gasteiger partial charge < -0.3 is 4.90 Å². The second kappa shape index (κ2) is 4.61. The van der Waals surface area contributed by atoms with Crippen LogP contribution in [0.25, 0.3) is 0 Å². The lowest BCUT2D eigenvalue weighted by atomic mass is 10.3. The van der Waals surface area contributed by atoms with Crippen molar-refractivity contribution in [2.45, 2.75) is 6.92 Å². The molecule has 0 aliphatic rings. The van der Waals surface area contributed by atoms with Crippen molar-refractivity contribution in [2.24, 2.45) is 0 Å². The zero-order valence-electron chi connectivity index (χ0n) is 9.18. The van der Waals surface area contributed by atoms with Crippen molar-refractivity contribution < 1.29 is 0 Å². The predicted octanol–water partition coefficient (Wildman–Crippen LogP) is 3.32. The Labute approximate surface area is 103 Å². The minimum absolute atomic E-state index is 0.911. The maximum absolute atomic E-state index is 4.37. The molecular formula is C12H12BrN3. The monoisotopic (exact) mass is 277 g/mol. The fourth-order valence-electron chi connectivity index (χ4n) is 1.39. The smallest absolute Gasteiger partial charge is 0.133 e. The summed E-state index contributed by atoms with van der Waals surface area (Å²) in [6, 6.07) is 5.96. The van der Waals surface area contributed by atoms with Gasteiger partial charge in [0.15, 0.2) is 0 Å². The Kier molecular flexibility index (Phi) is 3.19. The van der Waals surface area contributed by atoms with E-state index in [-0.39, 0.29) is 0 Å². The van der Waals surface area contributed by atoms with Crippen molar-refractivity contribution in [2.75, 3.05) is 11.9 Å². The van der Waals surface area contributed by atoms with E-state index in [9.17, 15) is 0 Å².